The Labute approximate surface area is 105 Å². The van der Waals surface area contributed by atoms with Gasteiger partial charge in [-0.2, -0.15) is 0 Å². The van der Waals surface area contributed by atoms with Gasteiger partial charge in [-0.05, 0) is 6.07 Å². The Balaban J connectivity index is 3.05. The predicted octanol–water partition coefficient (Wildman–Crippen LogP) is 0.976. The first-order chi connectivity index (χ1) is 8.59. The molecule has 1 aromatic rings. The summed E-state index contributed by atoms with van der Waals surface area (Å²) in [6.45, 7) is -2.51. The maximum Gasteiger partial charge on any atom is 0.273 e. The third-order valence-corrected chi connectivity index (χ3v) is 3.50. The number of nitrogens with two attached hydrogens (primary N) is 1. The van der Waals surface area contributed by atoms with Crippen LogP contribution in [0.3, 0.4) is 0 Å². The van der Waals surface area contributed by atoms with Crippen molar-refractivity contribution in [3.63, 3.8) is 0 Å². The van der Waals surface area contributed by atoms with Crippen molar-refractivity contribution in [2.75, 3.05) is 13.1 Å². The van der Waals surface area contributed by atoms with Gasteiger partial charge in [0, 0.05) is 6.07 Å². The van der Waals surface area contributed by atoms with Gasteiger partial charge in [0.2, 0.25) is 10.0 Å². The molecule has 19 heavy (non-hydrogen) atoms. The molecule has 0 unspecified atom stereocenters. The minimum atomic E-state index is -4.74. The van der Waals surface area contributed by atoms with Crippen LogP contribution in [-0.2, 0) is 10.0 Å². The first-order valence-electron chi connectivity index (χ1n) is 4.81. The van der Waals surface area contributed by atoms with Crippen molar-refractivity contribution in [1.29, 1.82) is 0 Å². The van der Waals surface area contributed by atoms with Crippen LogP contribution in [0, 0.1) is 17.5 Å². The van der Waals surface area contributed by atoms with Crippen LogP contribution in [0.2, 0.25) is 0 Å². The summed E-state index contributed by atoms with van der Waals surface area (Å²) in [6.07, 6.45) is 0. The van der Waals surface area contributed by atoms with Gasteiger partial charge in [-0.25, -0.2) is 35.1 Å². The smallest absolute Gasteiger partial charge is 0.273 e. The molecule has 0 saturated heterocycles. The third kappa shape index (κ3) is 3.85. The Hall–Kier alpha value is -1.26. The van der Waals surface area contributed by atoms with Gasteiger partial charge in [0.25, 0.3) is 5.92 Å². The number of halogens is 5. The van der Waals surface area contributed by atoms with Gasteiger partial charge in [0.1, 0.15) is 10.7 Å². The highest BCUT2D eigenvalue weighted by molar-refractivity contribution is 7.89. The van der Waals surface area contributed by atoms with E-state index in [1.54, 1.807) is 0 Å². The molecule has 0 amide bonds. The molecule has 0 bridgehead atoms. The molecule has 0 aliphatic heterocycles. The molecule has 10 heteroatoms. The van der Waals surface area contributed by atoms with Crippen LogP contribution in [0.15, 0.2) is 17.0 Å². The maximum absolute atomic E-state index is 13.2. The molecular formula is C9H9F5N2O2S. The first kappa shape index (κ1) is 15.8. The zero-order valence-electron chi connectivity index (χ0n) is 9.26. The molecule has 0 radical (unpaired) electrons. The second-order valence-corrected chi connectivity index (χ2v) is 5.32. The molecule has 108 valence electrons. The van der Waals surface area contributed by atoms with Gasteiger partial charge in [-0.3, -0.25) is 0 Å². The number of nitrogens with one attached hydrogen (secondary N) is 1. The quantitative estimate of drug-likeness (QED) is 0.629. The lowest BCUT2D eigenvalue weighted by atomic mass is 10.3. The van der Waals surface area contributed by atoms with Crippen LogP contribution in [0.1, 0.15) is 0 Å². The first-order valence-corrected chi connectivity index (χ1v) is 6.29. The second-order valence-electron chi connectivity index (χ2n) is 3.58. The number of sulfonamides is 1. The molecule has 0 fully saturated rings. The van der Waals surface area contributed by atoms with Gasteiger partial charge in [0.05, 0.1) is 13.1 Å². The fourth-order valence-electron chi connectivity index (χ4n) is 1.06. The lowest BCUT2D eigenvalue weighted by Gasteiger charge is -2.15. The van der Waals surface area contributed by atoms with Crippen molar-refractivity contribution in [1.82, 2.24) is 4.72 Å². The van der Waals surface area contributed by atoms with E-state index in [9.17, 15) is 30.4 Å². The van der Waals surface area contributed by atoms with Crippen molar-refractivity contribution in [2.45, 2.75) is 10.8 Å². The normalized spacial score (nSPS) is 12.7. The highest BCUT2D eigenvalue weighted by Gasteiger charge is 2.30. The lowest BCUT2D eigenvalue weighted by Crippen LogP contribution is -2.41. The summed E-state index contributed by atoms with van der Waals surface area (Å²) < 4.78 is 88.5. The molecule has 1 aromatic carbocycles. The summed E-state index contributed by atoms with van der Waals surface area (Å²) >= 11 is 0. The summed E-state index contributed by atoms with van der Waals surface area (Å²) in [5.41, 5.74) is 4.68. The van der Waals surface area contributed by atoms with E-state index >= 15 is 0 Å². The molecule has 0 spiro atoms. The summed E-state index contributed by atoms with van der Waals surface area (Å²) in [6, 6.07) is 0.0680. The van der Waals surface area contributed by atoms with E-state index in [1.165, 1.54) is 4.72 Å². The van der Waals surface area contributed by atoms with Crippen LogP contribution >= 0.6 is 0 Å². The third-order valence-electron chi connectivity index (χ3n) is 2.08. The zero-order chi connectivity index (χ0) is 14.8. The molecule has 4 nitrogen and oxygen atoms in total. The minimum Gasteiger partial charge on any atom is -0.325 e. The van der Waals surface area contributed by atoms with Gasteiger partial charge in [0.15, 0.2) is 11.6 Å². The predicted molar refractivity (Wildman–Crippen MR) is 55.5 cm³/mol. The molecule has 0 aliphatic rings. The Morgan fingerprint density at radius 1 is 1.11 bits per heavy atom. The van der Waals surface area contributed by atoms with Crippen LogP contribution < -0.4 is 10.5 Å². The molecule has 0 aliphatic carbocycles. The van der Waals surface area contributed by atoms with E-state index in [1.807, 2.05) is 0 Å². The molecule has 0 saturated carbocycles. The topological polar surface area (TPSA) is 72.2 Å². The molecule has 3 N–H and O–H groups in total. The van der Waals surface area contributed by atoms with E-state index in [0.29, 0.717) is 0 Å². The maximum atomic E-state index is 13.2. The van der Waals surface area contributed by atoms with Crippen molar-refractivity contribution in [2.24, 2.45) is 5.73 Å². The highest BCUT2D eigenvalue weighted by Crippen LogP contribution is 2.19. The number of hydrogen-bond donors (Lipinski definition) is 2. The van der Waals surface area contributed by atoms with E-state index in [-0.39, 0.29) is 12.1 Å². The average molecular weight is 304 g/mol. The standard InChI is InChI=1S/C9H9F5N2O2S/c10-5-1-7(12)8(2-6(5)11)19(17,18)16-4-9(13,14)3-15/h1-2,16H,3-4,15H2. The number of alkyl halides is 2. The minimum absolute atomic E-state index is 0.00493. The second kappa shape index (κ2) is 5.39. The Bertz CT molecular complexity index is 576. The van der Waals surface area contributed by atoms with Crippen LogP contribution in [-0.4, -0.2) is 27.4 Å². The van der Waals surface area contributed by atoms with Gasteiger partial charge in [-0.1, -0.05) is 0 Å². The van der Waals surface area contributed by atoms with Gasteiger partial charge >= 0.3 is 0 Å². The van der Waals surface area contributed by atoms with Gasteiger partial charge < -0.3 is 5.73 Å². The summed E-state index contributed by atoms with van der Waals surface area (Å²) in [5, 5.41) is 0. The van der Waals surface area contributed by atoms with Crippen molar-refractivity contribution in [3.8, 4) is 0 Å². The molecule has 0 aromatic heterocycles. The highest BCUT2D eigenvalue weighted by atomic mass is 32.2. The Morgan fingerprint density at radius 2 is 1.63 bits per heavy atom. The van der Waals surface area contributed by atoms with Crippen LogP contribution in [0.4, 0.5) is 22.0 Å². The van der Waals surface area contributed by atoms with Crippen molar-refractivity contribution >= 4 is 10.0 Å². The van der Waals surface area contributed by atoms with E-state index in [0.717, 1.165) is 0 Å². The molecule has 0 heterocycles. The fraction of sp³-hybridized carbons (Fsp3) is 0.333. The Morgan fingerprint density at radius 3 is 2.16 bits per heavy atom. The fourth-order valence-corrected chi connectivity index (χ4v) is 2.19. The number of rotatable bonds is 5. The van der Waals surface area contributed by atoms with Crippen molar-refractivity contribution < 1.29 is 30.4 Å². The SMILES string of the molecule is NCC(F)(F)CNS(=O)(=O)c1cc(F)c(F)cc1F. The number of hydrogen-bond acceptors (Lipinski definition) is 3. The summed E-state index contributed by atoms with van der Waals surface area (Å²) in [5.74, 6) is -8.35. The summed E-state index contributed by atoms with van der Waals surface area (Å²) in [4.78, 5) is -1.26. The zero-order valence-corrected chi connectivity index (χ0v) is 10.1. The molecule has 0 atom stereocenters. The molecular weight excluding hydrogens is 295 g/mol. The van der Waals surface area contributed by atoms with Crippen LogP contribution in [0.5, 0.6) is 0 Å². The van der Waals surface area contributed by atoms with Gasteiger partial charge in [-0.15, -0.1) is 0 Å². The van der Waals surface area contributed by atoms with E-state index < -0.39 is 51.4 Å². The van der Waals surface area contributed by atoms with Crippen LogP contribution in [0.25, 0.3) is 0 Å². The average Bonchev–Trinajstić information content (AvgIpc) is 2.31. The monoisotopic (exact) mass is 304 g/mol. The Kier molecular flexibility index (Phi) is 4.48. The summed E-state index contributed by atoms with van der Waals surface area (Å²) in [7, 11) is -4.74. The number of benzene rings is 1. The van der Waals surface area contributed by atoms with Crippen molar-refractivity contribution in [3.05, 3.63) is 29.6 Å². The van der Waals surface area contributed by atoms with E-state index in [4.69, 9.17) is 0 Å². The van der Waals surface area contributed by atoms with E-state index in [2.05, 4.69) is 5.73 Å². The molecule has 1 rings (SSSR count). The lowest BCUT2D eigenvalue weighted by molar-refractivity contribution is 0.0170. The largest absolute Gasteiger partial charge is 0.325 e.